The van der Waals surface area contributed by atoms with Crippen LogP contribution in [0.1, 0.15) is 25.3 Å². The van der Waals surface area contributed by atoms with Gasteiger partial charge in [0.15, 0.2) is 0 Å². The molecule has 0 unspecified atom stereocenters. The molecule has 0 aliphatic carbocycles. The highest BCUT2D eigenvalue weighted by Gasteiger charge is 2.41. The summed E-state index contributed by atoms with van der Waals surface area (Å²) in [6.45, 7) is 3.10. The summed E-state index contributed by atoms with van der Waals surface area (Å²) in [6.07, 6.45) is 3.29. The maximum Gasteiger partial charge on any atom is 0.148 e. The van der Waals surface area contributed by atoms with Gasteiger partial charge in [0.1, 0.15) is 16.9 Å². The summed E-state index contributed by atoms with van der Waals surface area (Å²) in [7, 11) is 0. The zero-order valence-corrected chi connectivity index (χ0v) is 10.4. The Bertz CT molecular complexity index is 463. The van der Waals surface area contributed by atoms with Crippen LogP contribution in [0.25, 0.3) is 0 Å². The molecule has 1 aliphatic heterocycles. The fourth-order valence-corrected chi connectivity index (χ4v) is 2.45. The topological polar surface area (TPSA) is 60.1 Å². The van der Waals surface area contributed by atoms with Gasteiger partial charge in [-0.1, -0.05) is 24.9 Å². The van der Waals surface area contributed by atoms with E-state index in [0.717, 1.165) is 12.8 Å². The molecule has 0 aromatic carbocycles. The largest absolute Gasteiger partial charge is 0.386 e. The molecule has 0 radical (unpaired) electrons. The van der Waals surface area contributed by atoms with Crippen LogP contribution in [-0.4, -0.2) is 28.8 Å². The van der Waals surface area contributed by atoms with Gasteiger partial charge in [0.05, 0.1) is 24.3 Å². The van der Waals surface area contributed by atoms with Crippen molar-refractivity contribution in [1.82, 2.24) is 4.98 Å². The van der Waals surface area contributed by atoms with Gasteiger partial charge < -0.3 is 10.0 Å². The van der Waals surface area contributed by atoms with Crippen molar-refractivity contribution < 1.29 is 5.11 Å². The highest BCUT2D eigenvalue weighted by atomic mass is 35.5. The van der Waals surface area contributed by atoms with Gasteiger partial charge in [-0.15, -0.1) is 0 Å². The van der Waals surface area contributed by atoms with Crippen LogP contribution in [0.15, 0.2) is 12.3 Å². The third-order valence-electron chi connectivity index (χ3n) is 2.98. The summed E-state index contributed by atoms with van der Waals surface area (Å²) in [5.41, 5.74) is -0.204. The fourth-order valence-electron chi connectivity index (χ4n) is 2.18. The molecule has 90 valence electrons. The zero-order valence-electron chi connectivity index (χ0n) is 9.65. The van der Waals surface area contributed by atoms with Crippen molar-refractivity contribution in [1.29, 1.82) is 5.26 Å². The molecule has 1 aromatic rings. The molecule has 0 spiro atoms. The van der Waals surface area contributed by atoms with Gasteiger partial charge in [-0.3, -0.25) is 0 Å². The van der Waals surface area contributed by atoms with Crippen molar-refractivity contribution in [2.24, 2.45) is 0 Å². The monoisotopic (exact) mass is 251 g/mol. The Morgan fingerprint density at radius 1 is 1.65 bits per heavy atom. The Hall–Kier alpha value is -1.31. The number of rotatable bonds is 3. The molecule has 0 bridgehead atoms. The van der Waals surface area contributed by atoms with Gasteiger partial charge in [-0.05, 0) is 12.5 Å². The third kappa shape index (κ3) is 2.21. The molecule has 0 saturated carbocycles. The first-order valence-corrected chi connectivity index (χ1v) is 5.99. The molecule has 2 heterocycles. The fraction of sp³-hybridized carbons (Fsp3) is 0.500. The van der Waals surface area contributed by atoms with E-state index in [1.54, 1.807) is 12.3 Å². The van der Waals surface area contributed by atoms with Gasteiger partial charge in [0, 0.05) is 6.20 Å². The standard InChI is InChI=1S/C12H14ClN3O/c1-2-4-12(17)7-16(8-12)11-10(13)9(6-14)3-5-15-11/h3,5,17H,2,4,7-8H2,1H3. The summed E-state index contributed by atoms with van der Waals surface area (Å²) in [5, 5.41) is 19.3. The third-order valence-corrected chi connectivity index (χ3v) is 3.35. The normalized spacial score (nSPS) is 17.4. The zero-order chi connectivity index (χ0) is 12.5. The second kappa shape index (κ2) is 4.52. The van der Waals surface area contributed by atoms with Crippen molar-refractivity contribution in [3.63, 3.8) is 0 Å². The lowest BCUT2D eigenvalue weighted by atomic mass is 9.89. The highest BCUT2D eigenvalue weighted by Crippen LogP contribution is 2.34. The van der Waals surface area contributed by atoms with Crippen molar-refractivity contribution >= 4 is 17.4 Å². The van der Waals surface area contributed by atoms with Crippen molar-refractivity contribution in [3.8, 4) is 6.07 Å². The molecule has 0 atom stereocenters. The summed E-state index contributed by atoms with van der Waals surface area (Å²) in [4.78, 5) is 6.07. The quantitative estimate of drug-likeness (QED) is 0.892. The molecule has 0 amide bonds. The lowest BCUT2D eigenvalue weighted by Crippen LogP contribution is -2.62. The van der Waals surface area contributed by atoms with Gasteiger partial charge in [0.25, 0.3) is 0 Å². The molecule has 1 saturated heterocycles. The predicted molar refractivity (Wildman–Crippen MR) is 66.0 cm³/mol. The molecular formula is C12H14ClN3O. The number of nitrogens with zero attached hydrogens (tertiary/aromatic N) is 3. The number of pyridine rings is 1. The molecule has 5 heteroatoms. The molecule has 2 rings (SSSR count). The van der Waals surface area contributed by atoms with Crippen molar-refractivity contribution in [2.45, 2.75) is 25.4 Å². The number of nitriles is 1. The molecule has 17 heavy (non-hydrogen) atoms. The lowest BCUT2D eigenvalue weighted by molar-refractivity contribution is 0.00296. The second-order valence-corrected chi connectivity index (χ2v) is 4.82. The SMILES string of the molecule is CCCC1(O)CN(c2nccc(C#N)c2Cl)C1. The van der Waals surface area contributed by atoms with Crippen molar-refractivity contribution in [3.05, 3.63) is 22.8 Å². The molecule has 1 N–H and O–H groups in total. The van der Waals surface area contributed by atoms with E-state index >= 15 is 0 Å². The van der Waals surface area contributed by atoms with E-state index in [0.29, 0.717) is 29.5 Å². The van der Waals surface area contributed by atoms with E-state index in [4.69, 9.17) is 16.9 Å². The van der Waals surface area contributed by atoms with Gasteiger partial charge in [-0.2, -0.15) is 5.26 Å². The van der Waals surface area contributed by atoms with Gasteiger partial charge >= 0.3 is 0 Å². The number of aromatic nitrogens is 1. The van der Waals surface area contributed by atoms with E-state index in [2.05, 4.69) is 4.98 Å². The van der Waals surface area contributed by atoms with Crippen LogP contribution in [0.5, 0.6) is 0 Å². The Morgan fingerprint density at radius 2 is 2.35 bits per heavy atom. The first-order valence-electron chi connectivity index (χ1n) is 5.61. The number of anilines is 1. The summed E-state index contributed by atoms with van der Waals surface area (Å²) < 4.78 is 0. The minimum absolute atomic E-state index is 0.369. The highest BCUT2D eigenvalue weighted by molar-refractivity contribution is 6.34. The minimum atomic E-state index is -0.623. The maximum atomic E-state index is 10.1. The van der Waals surface area contributed by atoms with E-state index in [-0.39, 0.29) is 0 Å². The number of halogens is 1. The van der Waals surface area contributed by atoms with Crippen LogP contribution in [0, 0.1) is 11.3 Å². The summed E-state index contributed by atoms with van der Waals surface area (Å²) in [6, 6.07) is 3.61. The predicted octanol–water partition coefficient (Wildman–Crippen LogP) is 1.96. The van der Waals surface area contributed by atoms with Crippen LogP contribution in [0.4, 0.5) is 5.82 Å². The summed E-state index contributed by atoms with van der Waals surface area (Å²) in [5.74, 6) is 0.589. The van der Waals surface area contributed by atoms with Gasteiger partial charge in [-0.25, -0.2) is 4.98 Å². The number of β-amino-alcohol motifs (C(OH)–C–C–N with tert-alkyl or cyclic N) is 1. The average Bonchev–Trinajstić information content (AvgIpc) is 2.27. The van der Waals surface area contributed by atoms with Crippen LogP contribution in [0.3, 0.4) is 0 Å². The first-order chi connectivity index (χ1) is 8.09. The molecule has 1 aromatic heterocycles. The molecular weight excluding hydrogens is 238 g/mol. The molecule has 1 aliphatic rings. The Kier molecular flexibility index (Phi) is 3.23. The minimum Gasteiger partial charge on any atom is -0.386 e. The van der Waals surface area contributed by atoms with Crippen LogP contribution < -0.4 is 4.90 Å². The Labute approximate surface area is 105 Å². The Morgan fingerprint density at radius 3 is 2.94 bits per heavy atom. The van der Waals surface area contributed by atoms with Gasteiger partial charge in [0.2, 0.25) is 0 Å². The van der Waals surface area contributed by atoms with E-state index < -0.39 is 5.60 Å². The average molecular weight is 252 g/mol. The summed E-state index contributed by atoms with van der Waals surface area (Å²) >= 11 is 6.08. The maximum absolute atomic E-state index is 10.1. The smallest absolute Gasteiger partial charge is 0.148 e. The molecule has 1 fully saturated rings. The number of hydrogen-bond donors (Lipinski definition) is 1. The van der Waals surface area contributed by atoms with E-state index in [9.17, 15) is 5.11 Å². The van der Waals surface area contributed by atoms with Crippen molar-refractivity contribution in [2.75, 3.05) is 18.0 Å². The van der Waals surface area contributed by atoms with Crippen LogP contribution in [-0.2, 0) is 0 Å². The van der Waals surface area contributed by atoms with Crippen LogP contribution in [0.2, 0.25) is 5.02 Å². The van der Waals surface area contributed by atoms with Crippen LogP contribution >= 0.6 is 11.6 Å². The van der Waals surface area contributed by atoms with E-state index in [1.807, 2.05) is 17.9 Å². The number of hydrogen-bond acceptors (Lipinski definition) is 4. The Balaban J connectivity index is 2.15. The lowest BCUT2D eigenvalue weighted by Gasteiger charge is -2.47. The number of aliphatic hydroxyl groups is 1. The second-order valence-electron chi connectivity index (χ2n) is 4.44. The van der Waals surface area contributed by atoms with E-state index in [1.165, 1.54) is 0 Å². The first kappa shape index (κ1) is 12.2. The molecule has 4 nitrogen and oxygen atoms in total.